The van der Waals surface area contributed by atoms with Gasteiger partial charge < -0.3 is 15.2 Å². The van der Waals surface area contributed by atoms with E-state index in [1.54, 1.807) is 35.7 Å². The van der Waals surface area contributed by atoms with Gasteiger partial charge in [-0.1, -0.05) is 12.1 Å². The van der Waals surface area contributed by atoms with Gasteiger partial charge in [-0.2, -0.15) is 11.3 Å². The van der Waals surface area contributed by atoms with Gasteiger partial charge in [-0.15, -0.1) is 0 Å². The first kappa shape index (κ1) is 13.1. The van der Waals surface area contributed by atoms with Gasteiger partial charge in [0.1, 0.15) is 5.75 Å². The summed E-state index contributed by atoms with van der Waals surface area (Å²) in [6.45, 7) is -0.453. The monoisotopic (exact) mass is 277 g/mol. The predicted octanol–water partition coefficient (Wildman–Crippen LogP) is 2.46. The van der Waals surface area contributed by atoms with Crippen LogP contribution in [0, 0.1) is 0 Å². The molecule has 0 saturated heterocycles. The van der Waals surface area contributed by atoms with Crippen molar-refractivity contribution < 1.29 is 19.4 Å². The molecule has 1 amide bonds. The minimum Gasteiger partial charge on any atom is -0.480 e. The van der Waals surface area contributed by atoms with Gasteiger partial charge in [-0.3, -0.25) is 4.79 Å². The normalized spacial score (nSPS) is 9.89. The fourth-order valence-electron chi connectivity index (χ4n) is 1.42. The Hall–Kier alpha value is -2.34. The van der Waals surface area contributed by atoms with E-state index >= 15 is 0 Å². The number of amides is 1. The molecule has 0 radical (unpaired) electrons. The minimum atomic E-state index is -1.07. The number of nitrogens with one attached hydrogen (secondary N) is 1. The SMILES string of the molecule is O=C(O)COc1ccccc1NC(=O)c1ccsc1. The third kappa shape index (κ3) is 3.56. The number of carbonyl (C=O) groups excluding carboxylic acids is 1. The van der Waals surface area contributed by atoms with Crippen LogP contribution in [0.25, 0.3) is 0 Å². The van der Waals surface area contributed by atoms with Crippen LogP contribution < -0.4 is 10.1 Å². The number of carboxylic acid groups (broad SMARTS) is 1. The fourth-order valence-corrected chi connectivity index (χ4v) is 2.06. The summed E-state index contributed by atoms with van der Waals surface area (Å²) < 4.78 is 5.11. The third-order valence-electron chi connectivity index (χ3n) is 2.27. The summed E-state index contributed by atoms with van der Waals surface area (Å²) in [5.74, 6) is -1.000. The summed E-state index contributed by atoms with van der Waals surface area (Å²) in [5.41, 5.74) is 0.998. The van der Waals surface area contributed by atoms with Crippen LogP contribution in [0.15, 0.2) is 41.1 Å². The lowest BCUT2D eigenvalue weighted by Gasteiger charge is -2.10. The first-order chi connectivity index (χ1) is 9.16. The highest BCUT2D eigenvalue weighted by Gasteiger charge is 2.10. The quantitative estimate of drug-likeness (QED) is 0.880. The van der Waals surface area contributed by atoms with Gasteiger partial charge in [-0.05, 0) is 23.6 Å². The Kier molecular flexibility index (Phi) is 4.15. The molecule has 1 aromatic carbocycles. The molecule has 98 valence electrons. The lowest BCUT2D eigenvalue weighted by Crippen LogP contribution is -2.14. The smallest absolute Gasteiger partial charge is 0.341 e. The number of benzene rings is 1. The molecule has 2 N–H and O–H groups in total. The van der Waals surface area contributed by atoms with Crippen molar-refractivity contribution >= 4 is 28.9 Å². The van der Waals surface area contributed by atoms with Crippen molar-refractivity contribution in [1.29, 1.82) is 0 Å². The molecule has 0 spiro atoms. The van der Waals surface area contributed by atoms with Crippen LogP contribution in [0.3, 0.4) is 0 Å². The van der Waals surface area contributed by atoms with E-state index in [9.17, 15) is 9.59 Å². The van der Waals surface area contributed by atoms with Gasteiger partial charge in [0.15, 0.2) is 6.61 Å². The lowest BCUT2D eigenvalue weighted by molar-refractivity contribution is -0.139. The Labute approximate surface area is 113 Å². The number of aliphatic carboxylic acids is 1. The standard InChI is InChI=1S/C13H11NO4S/c15-12(16)7-18-11-4-2-1-3-10(11)14-13(17)9-5-6-19-8-9/h1-6,8H,7H2,(H,14,17)(H,15,16). The van der Waals surface area contributed by atoms with E-state index in [2.05, 4.69) is 5.32 Å². The molecule has 19 heavy (non-hydrogen) atoms. The molecule has 1 aromatic heterocycles. The molecule has 0 saturated carbocycles. The summed E-state index contributed by atoms with van der Waals surface area (Å²) in [6.07, 6.45) is 0. The van der Waals surface area contributed by atoms with Gasteiger partial charge in [0.2, 0.25) is 0 Å². The Balaban J connectivity index is 2.11. The molecule has 5 nitrogen and oxygen atoms in total. The van der Waals surface area contributed by atoms with E-state index in [0.717, 1.165) is 0 Å². The molecule has 0 atom stereocenters. The number of para-hydroxylation sites is 2. The van der Waals surface area contributed by atoms with Crippen molar-refractivity contribution in [3.63, 3.8) is 0 Å². The summed E-state index contributed by atoms with van der Waals surface area (Å²) in [5, 5.41) is 14.8. The van der Waals surface area contributed by atoms with E-state index in [1.807, 2.05) is 5.38 Å². The summed E-state index contributed by atoms with van der Waals surface area (Å²) >= 11 is 1.43. The number of hydrogen-bond acceptors (Lipinski definition) is 4. The zero-order chi connectivity index (χ0) is 13.7. The van der Waals surface area contributed by atoms with Gasteiger partial charge in [0, 0.05) is 5.38 Å². The van der Waals surface area contributed by atoms with Crippen LogP contribution in [0.4, 0.5) is 5.69 Å². The number of ether oxygens (including phenoxy) is 1. The van der Waals surface area contributed by atoms with E-state index in [1.165, 1.54) is 11.3 Å². The third-order valence-corrected chi connectivity index (χ3v) is 2.95. The van der Waals surface area contributed by atoms with Crippen LogP contribution in [0.1, 0.15) is 10.4 Å². The number of rotatable bonds is 5. The van der Waals surface area contributed by atoms with Crippen molar-refractivity contribution in [2.24, 2.45) is 0 Å². The van der Waals surface area contributed by atoms with Gasteiger partial charge in [-0.25, -0.2) is 4.79 Å². The van der Waals surface area contributed by atoms with E-state index in [0.29, 0.717) is 17.0 Å². The fraction of sp³-hybridized carbons (Fsp3) is 0.0769. The topological polar surface area (TPSA) is 75.6 Å². The maximum Gasteiger partial charge on any atom is 0.341 e. The largest absolute Gasteiger partial charge is 0.480 e. The molecule has 2 rings (SSSR count). The average molecular weight is 277 g/mol. The molecule has 0 aliphatic carbocycles. The van der Waals surface area contributed by atoms with Crippen LogP contribution in [0.2, 0.25) is 0 Å². The highest BCUT2D eigenvalue weighted by atomic mass is 32.1. The molecule has 0 unspecified atom stereocenters. The van der Waals surface area contributed by atoms with Crippen LogP contribution in [-0.2, 0) is 4.79 Å². The van der Waals surface area contributed by atoms with Crippen molar-refractivity contribution in [3.8, 4) is 5.75 Å². The Morgan fingerprint density at radius 3 is 2.74 bits per heavy atom. The zero-order valence-electron chi connectivity index (χ0n) is 9.83. The number of hydrogen-bond donors (Lipinski definition) is 2. The highest BCUT2D eigenvalue weighted by molar-refractivity contribution is 7.08. The number of thiophene rings is 1. The molecule has 6 heteroatoms. The molecule has 0 aliphatic heterocycles. The highest BCUT2D eigenvalue weighted by Crippen LogP contribution is 2.24. The Morgan fingerprint density at radius 1 is 1.26 bits per heavy atom. The second-order valence-electron chi connectivity index (χ2n) is 3.64. The van der Waals surface area contributed by atoms with Crippen LogP contribution in [-0.4, -0.2) is 23.6 Å². The van der Waals surface area contributed by atoms with Crippen molar-refractivity contribution in [3.05, 3.63) is 46.7 Å². The maximum atomic E-state index is 11.9. The molecule has 2 aromatic rings. The van der Waals surface area contributed by atoms with Crippen LogP contribution in [0.5, 0.6) is 5.75 Å². The number of carboxylic acids is 1. The predicted molar refractivity (Wildman–Crippen MR) is 71.8 cm³/mol. The van der Waals surface area contributed by atoms with Crippen LogP contribution >= 0.6 is 11.3 Å². The van der Waals surface area contributed by atoms with Crippen molar-refractivity contribution in [1.82, 2.24) is 0 Å². The lowest BCUT2D eigenvalue weighted by atomic mass is 10.2. The second-order valence-corrected chi connectivity index (χ2v) is 4.42. The molecule has 0 fully saturated rings. The molecule has 1 heterocycles. The second kappa shape index (κ2) is 6.01. The van der Waals surface area contributed by atoms with Gasteiger partial charge in [0.05, 0.1) is 11.3 Å². The van der Waals surface area contributed by atoms with E-state index in [4.69, 9.17) is 9.84 Å². The minimum absolute atomic E-state index is 0.257. The molecular formula is C13H11NO4S. The zero-order valence-corrected chi connectivity index (χ0v) is 10.6. The van der Waals surface area contributed by atoms with Crippen molar-refractivity contribution in [2.75, 3.05) is 11.9 Å². The molecule has 0 bridgehead atoms. The van der Waals surface area contributed by atoms with Crippen molar-refractivity contribution in [2.45, 2.75) is 0 Å². The first-order valence-corrected chi connectivity index (χ1v) is 6.38. The number of anilines is 1. The maximum absolute atomic E-state index is 11.9. The van der Waals surface area contributed by atoms with Gasteiger partial charge >= 0.3 is 5.97 Å². The summed E-state index contributed by atoms with van der Waals surface area (Å²) in [7, 11) is 0. The summed E-state index contributed by atoms with van der Waals surface area (Å²) in [4.78, 5) is 22.4. The van der Waals surface area contributed by atoms with E-state index in [-0.39, 0.29) is 5.91 Å². The van der Waals surface area contributed by atoms with E-state index < -0.39 is 12.6 Å². The first-order valence-electron chi connectivity index (χ1n) is 5.44. The number of carbonyl (C=O) groups is 2. The Morgan fingerprint density at radius 2 is 2.05 bits per heavy atom. The molecular weight excluding hydrogens is 266 g/mol. The summed E-state index contributed by atoms with van der Waals surface area (Å²) in [6, 6.07) is 8.41. The average Bonchev–Trinajstić information content (AvgIpc) is 2.91. The molecule has 0 aliphatic rings. The Bertz CT molecular complexity index is 580. The van der Waals surface area contributed by atoms with Gasteiger partial charge in [0.25, 0.3) is 5.91 Å².